The first kappa shape index (κ1) is 20.1. The molecule has 2 atom stereocenters. The van der Waals surface area contributed by atoms with Crippen LogP contribution in [0.1, 0.15) is 49.4 Å². The lowest BCUT2D eigenvalue weighted by Gasteiger charge is -2.26. The molecule has 148 valence electrons. The fraction of sp³-hybridized carbons (Fsp3) is 0.391. The molecule has 1 fully saturated rings. The molecule has 1 aliphatic rings. The number of hydrogen-bond donors (Lipinski definition) is 2. The molecule has 0 saturated carbocycles. The minimum atomic E-state index is -0.332. The number of carbonyl (C=O) groups is 2. The third-order valence-corrected chi connectivity index (χ3v) is 5.15. The van der Waals surface area contributed by atoms with E-state index in [0.717, 1.165) is 30.8 Å². The van der Waals surface area contributed by atoms with E-state index in [0.29, 0.717) is 0 Å². The van der Waals surface area contributed by atoms with Gasteiger partial charge in [-0.3, -0.25) is 9.59 Å². The van der Waals surface area contributed by atoms with Crippen LogP contribution in [0.5, 0.6) is 0 Å². The van der Waals surface area contributed by atoms with Crippen LogP contribution in [0.3, 0.4) is 0 Å². The standard InChI is InChI=1S/C23H29N3O2/c1-18(27)24-21(19-10-4-2-5-11-19)16-23(28)25-22(17-26-14-8-9-15-26)20-12-6-3-7-13-20/h2-7,10-13,21-22H,8-9,14-17H2,1H3,(H,24,27)(H,25,28). The van der Waals surface area contributed by atoms with Crippen molar-refractivity contribution in [1.82, 2.24) is 15.5 Å². The van der Waals surface area contributed by atoms with E-state index >= 15 is 0 Å². The average Bonchev–Trinajstić information content (AvgIpc) is 3.21. The van der Waals surface area contributed by atoms with Gasteiger partial charge >= 0.3 is 0 Å². The van der Waals surface area contributed by atoms with Gasteiger partial charge in [0.2, 0.25) is 11.8 Å². The molecule has 0 bridgehead atoms. The van der Waals surface area contributed by atoms with Crippen molar-refractivity contribution in [2.75, 3.05) is 19.6 Å². The summed E-state index contributed by atoms with van der Waals surface area (Å²) >= 11 is 0. The molecule has 0 spiro atoms. The maximum Gasteiger partial charge on any atom is 0.222 e. The Kier molecular flexibility index (Phi) is 7.20. The van der Waals surface area contributed by atoms with E-state index < -0.39 is 0 Å². The third kappa shape index (κ3) is 5.92. The minimum absolute atomic E-state index is 0.0550. The Bertz CT molecular complexity index is 758. The van der Waals surface area contributed by atoms with Crippen molar-refractivity contribution in [1.29, 1.82) is 0 Å². The van der Waals surface area contributed by atoms with Gasteiger partial charge in [0.05, 0.1) is 18.5 Å². The number of nitrogens with zero attached hydrogens (tertiary/aromatic N) is 1. The van der Waals surface area contributed by atoms with Crippen molar-refractivity contribution >= 4 is 11.8 Å². The molecule has 3 rings (SSSR count). The molecule has 0 radical (unpaired) electrons. The first-order valence-corrected chi connectivity index (χ1v) is 10.0. The maximum atomic E-state index is 12.9. The minimum Gasteiger partial charge on any atom is -0.349 e. The summed E-state index contributed by atoms with van der Waals surface area (Å²) in [5.41, 5.74) is 2.04. The van der Waals surface area contributed by atoms with Gasteiger partial charge in [0.1, 0.15) is 0 Å². The van der Waals surface area contributed by atoms with Gasteiger partial charge in [0.15, 0.2) is 0 Å². The van der Waals surface area contributed by atoms with Crippen molar-refractivity contribution in [3.8, 4) is 0 Å². The van der Waals surface area contributed by atoms with Crippen LogP contribution in [0, 0.1) is 0 Å². The van der Waals surface area contributed by atoms with Crippen LogP contribution >= 0.6 is 0 Å². The lowest BCUT2D eigenvalue weighted by atomic mass is 10.0. The van der Waals surface area contributed by atoms with E-state index in [1.54, 1.807) is 0 Å². The van der Waals surface area contributed by atoms with Gasteiger partial charge in [-0.2, -0.15) is 0 Å². The highest BCUT2D eigenvalue weighted by atomic mass is 16.2. The molecule has 5 nitrogen and oxygen atoms in total. The van der Waals surface area contributed by atoms with Gasteiger partial charge < -0.3 is 15.5 Å². The summed E-state index contributed by atoms with van der Waals surface area (Å²) < 4.78 is 0. The lowest BCUT2D eigenvalue weighted by molar-refractivity contribution is -0.123. The van der Waals surface area contributed by atoms with E-state index in [1.807, 2.05) is 48.5 Å². The molecule has 2 amide bonds. The molecule has 1 heterocycles. The topological polar surface area (TPSA) is 61.4 Å². The van der Waals surface area contributed by atoms with Crippen molar-refractivity contribution in [3.05, 3.63) is 71.8 Å². The fourth-order valence-corrected chi connectivity index (χ4v) is 3.76. The molecule has 28 heavy (non-hydrogen) atoms. The highest BCUT2D eigenvalue weighted by molar-refractivity contribution is 5.79. The van der Waals surface area contributed by atoms with Crippen molar-refractivity contribution in [2.45, 2.75) is 38.3 Å². The quantitative estimate of drug-likeness (QED) is 0.740. The zero-order valence-electron chi connectivity index (χ0n) is 16.4. The summed E-state index contributed by atoms with van der Waals surface area (Å²) in [6, 6.07) is 19.4. The van der Waals surface area contributed by atoms with Crippen molar-refractivity contribution < 1.29 is 9.59 Å². The number of amides is 2. The Morgan fingerprint density at radius 2 is 1.39 bits per heavy atom. The Balaban J connectivity index is 1.69. The van der Waals surface area contributed by atoms with Crippen LogP contribution in [0.25, 0.3) is 0 Å². The zero-order valence-corrected chi connectivity index (χ0v) is 16.4. The summed E-state index contributed by atoms with van der Waals surface area (Å²) in [6.07, 6.45) is 2.65. The molecule has 1 saturated heterocycles. The highest BCUT2D eigenvalue weighted by Gasteiger charge is 2.23. The highest BCUT2D eigenvalue weighted by Crippen LogP contribution is 2.20. The van der Waals surface area contributed by atoms with E-state index in [2.05, 4.69) is 27.7 Å². The predicted molar refractivity (Wildman–Crippen MR) is 111 cm³/mol. The number of hydrogen-bond acceptors (Lipinski definition) is 3. The largest absolute Gasteiger partial charge is 0.349 e. The summed E-state index contributed by atoms with van der Waals surface area (Å²) in [4.78, 5) is 26.9. The second kappa shape index (κ2) is 10.0. The Labute approximate surface area is 167 Å². The molecular formula is C23H29N3O2. The molecule has 2 unspecified atom stereocenters. The van der Waals surface area contributed by atoms with Crippen LogP contribution in [-0.2, 0) is 9.59 Å². The summed E-state index contributed by atoms with van der Waals surface area (Å²) in [6.45, 7) is 4.45. The molecule has 0 aliphatic carbocycles. The predicted octanol–water partition coefficient (Wildman–Crippen LogP) is 3.21. The first-order chi connectivity index (χ1) is 13.6. The molecule has 2 aromatic carbocycles. The Morgan fingerprint density at radius 3 is 1.93 bits per heavy atom. The molecule has 0 aromatic heterocycles. The number of rotatable bonds is 8. The summed E-state index contributed by atoms with van der Waals surface area (Å²) in [7, 11) is 0. The number of benzene rings is 2. The number of likely N-dealkylation sites (tertiary alicyclic amines) is 1. The molecule has 1 aliphatic heterocycles. The van der Waals surface area contributed by atoms with E-state index in [1.165, 1.54) is 19.8 Å². The van der Waals surface area contributed by atoms with Gasteiger partial charge in [-0.25, -0.2) is 0 Å². The zero-order chi connectivity index (χ0) is 19.8. The monoisotopic (exact) mass is 379 g/mol. The second-order valence-corrected chi connectivity index (χ2v) is 7.41. The third-order valence-electron chi connectivity index (χ3n) is 5.15. The average molecular weight is 380 g/mol. The van der Waals surface area contributed by atoms with Gasteiger partial charge in [0, 0.05) is 13.5 Å². The van der Waals surface area contributed by atoms with Crippen LogP contribution in [0.2, 0.25) is 0 Å². The van der Waals surface area contributed by atoms with Gasteiger partial charge in [-0.05, 0) is 37.1 Å². The van der Waals surface area contributed by atoms with Crippen LogP contribution in [0.4, 0.5) is 0 Å². The molecular weight excluding hydrogens is 350 g/mol. The van der Waals surface area contributed by atoms with Crippen LogP contribution < -0.4 is 10.6 Å². The van der Waals surface area contributed by atoms with Crippen molar-refractivity contribution in [2.24, 2.45) is 0 Å². The number of carbonyl (C=O) groups excluding carboxylic acids is 2. The van der Waals surface area contributed by atoms with Gasteiger partial charge in [-0.15, -0.1) is 0 Å². The second-order valence-electron chi connectivity index (χ2n) is 7.41. The molecule has 2 aromatic rings. The smallest absolute Gasteiger partial charge is 0.222 e. The number of nitrogens with one attached hydrogen (secondary N) is 2. The van der Waals surface area contributed by atoms with E-state index in [4.69, 9.17) is 0 Å². The molecule has 5 heteroatoms. The first-order valence-electron chi connectivity index (χ1n) is 10.0. The Hall–Kier alpha value is -2.66. The van der Waals surface area contributed by atoms with E-state index in [9.17, 15) is 9.59 Å². The van der Waals surface area contributed by atoms with Crippen LogP contribution in [-0.4, -0.2) is 36.3 Å². The van der Waals surface area contributed by atoms with Gasteiger partial charge in [-0.1, -0.05) is 60.7 Å². The summed E-state index contributed by atoms with van der Waals surface area (Å²) in [5, 5.41) is 6.10. The van der Waals surface area contributed by atoms with Crippen LogP contribution in [0.15, 0.2) is 60.7 Å². The fourth-order valence-electron chi connectivity index (χ4n) is 3.76. The van der Waals surface area contributed by atoms with Crippen molar-refractivity contribution in [3.63, 3.8) is 0 Å². The SMILES string of the molecule is CC(=O)NC(CC(=O)NC(CN1CCCC1)c1ccccc1)c1ccccc1. The summed E-state index contributed by atoms with van der Waals surface area (Å²) in [5.74, 6) is -0.200. The van der Waals surface area contributed by atoms with Gasteiger partial charge in [0.25, 0.3) is 0 Å². The van der Waals surface area contributed by atoms with E-state index in [-0.39, 0.29) is 30.3 Å². The normalized spacial score (nSPS) is 16.3. The molecule has 2 N–H and O–H groups in total. The lowest BCUT2D eigenvalue weighted by Crippen LogP contribution is -2.39. The Morgan fingerprint density at radius 1 is 0.857 bits per heavy atom. The maximum absolute atomic E-state index is 12.9.